The third-order valence-corrected chi connectivity index (χ3v) is 2.46. The van der Waals surface area contributed by atoms with Crippen molar-refractivity contribution in [2.24, 2.45) is 0 Å². The molecule has 1 aromatic heterocycles. The first-order chi connectivity index (χ1) is 9.11. The summed E-state index contributed by atoms with van der Waals surface area (Å²) in [4.78, 5) is 14.4. The summed E-state index contributed by atoms with van der Waals surface area (Å²) < 4.78 is 5.44. The number of hydrogen-bond donors (Lipinski definition) is 0. The molecule has 6 nitrogen and oxygen atoms in total. The second-order valence-electron chi connectivity index (χ2n) is 3.78. The molecule has 0 saturated heterocycles. The van der Waals surface area contributed by atoms with Crippen LogP contribution in [0.15, 0.2) is 36.5 Å². The molecule has 0 radical (unpaired) electrons. The predicted molar refractivity (Wildman–Crippen MR) is 66.9 cm³/mol. The summed E-state index contributed by atoms with van der Waals surface area (Å²) in [5, 5.41) is 19.7. The topological polar surface area (TPSA) is 89.0 Å². The van der Waals surface area contributed by atoms with Crippen molar-refractivity contribution in [1.82, 2.24) is 4.98 Å². The second-order valence-corrected chi connectivity index (χ2v) is 3.78. The van der Waals surface area contributed by atoms with Gasteiger partial charge >= 0.3 is 5.69 Å². The van der Waals surface area contributed by atoms with Crippen LogP contribution < -0.4 is 4.74 Å². The smallest absolute Gasteiger partial charge is 0.311 e. The average molecular weight is 255 g/mol. The van der Waals surface area contributed by atoms with Gasteiger partial charge in [-0.05, 0) is 18.6 Å². The number of nitriles is 1. The van der Waals surface area contributed by atoms with Gasteiger partial charge in [0.25, 0.3) is 0 Å². The Morgan fingerprint density at radius 2 is 2.21 bits per heavy atom. The molecule has 0 N–H and O–H groups in total. The van der Waals surface area contributed by atoms with Crippen LogP contribution in [-0.4, -0.2) is 9.91 Å². The number of nitrogens with zero attached hydrogens (tertiary/aromatic N) is 3. The Morgan fingerprint density at radius 1 is 1.42 bits per heavy atom. The highest BCUT2D eigenvalue weighted by Crippen LogP contribution is 2.33. The van der Waals surface area contributed by atoms with Gasteiger partial charge in [-0.15, -0.1) is 0 Å². The SMILES string of the molecule is Cc1cccc([N+](=O)[O-])c1Oc1cc(C#N)ccn1. The minimum atomic E-state index is -0.517. The van der Waals surface area contributed by atoms with Crippen LogP contribution in [0, 0.1) is 28.4 Å². The fraction of sp³-hybridized carbons (Fsp3) is 0.0769. The molecule has 1 aromatic carbocycles. The minimum absolute atomic E-state index is 0.134. The third-order valence-electron chi connectivity index (χ3n) is 2.46. The molecule has 0 bridgehead atoms. The number of ether oxygens (including phenoxy) is 1. The van der Waals surface area contributed by atoms with E-state index in [4.69, 9.17) is 10.00 Å². The molecular formula is C13H9N3O3. The molecule has 0 atom stereocenters. The second kappa shape index (κ2) is 5.14. The Balaban J connectivity index is 2.43. The molecule has 0 fully saturated rings. The van der Waals surface area contributed by atoms with Crippen molar-refractivity contribution < 1.29 is 9.66 Å². The zero-order valence-electron chi connectivity index (χ0n) is 10.0. The number of nitro benzene ring substituents is 1. The lowest BCUT2D eigenvalue weighted by atomic mass is 10.2. The number of rotatable bonds is 3. The van der Waals surface area contributed by atoms with Crippen LogP contribution in [0.3, 0.4) is 0 Å². The van der Waals surface area contributed by atoms with E-state index < -0.39 is 4.92 Å². The largest absolute Gasteiger partial charge is 0.431 e. The van der Waals surface area contributed by atoms with Crippen LogP contribution in [-0.2, 0) is 0 Å². The first-order valence-corrected chi connectivity index (χ1v) is 5.40. The van der Waals surface area contributed by atoms with E-state index in [0.29, 0.717) is 11.1 Å². The molecule has 0 aliphatic carbocycles. The molecule has 0 saturated carbocycles. The lowest BCUT2D eigenvalue weighted by Gasteiger charge is -2.07. The summed E-state index contributed by atoms with van der Waals surface area (Å²) >= 11 is 0. The van der Waals surface area contributed by atoms with Gasteiger partial charge in [0.05, 0.1) is 16.6 Å². The van der Waals surface area contributed by atoms with E-state index in [2.05, 4.69) is 4.98 Å². The van der Waals surface area contributed by atoms with Crippen molar-refractivity contribution >= 4 is 5.69 Å². The van der Waals surface area contributed by atoms with E-state index in [1.54, 1.807) is 19.1 Å². The van der Waals surface area contributed by atoms with Gasteiger partial charge in [-0.25, -0.2) is 4.98 Å². The van der Waals surface area contributed by atoms with Crippen molar-refractivity contribution in [2.75, 3.05) is 0 Å². The quantitative estimate of drug-likeness (QED) is 0.621. The highest BCUT2D eigenvalue weighted by atomic mass is 16.6. The minimum Gasteiger partial charge on any atom is -0.431 e. The van der Waals surface area contributed by atoms with E-state index in [0.717, 1.165) is 0 Å². The first-order valence-electron chi connectivity index (χ1n) is 5.40. The zero-order chi connectivity index (χ0) is 13.8. The van der Waals surface area contributed by atoms with E-state index >= 15 is 0 Å². The molecule has 94 valence electrons. The van der Waals surface area contributed by atoms with Crippen molar-refractivity contribution in [3.63, 3.8) is 0 Å². The van der Waals surface area contributed by atoms with E-state index in [-0.39, 0.29) is 17.3 Å². The van der Waals surface area contributed by atoms with Crippen molar-refractivity contribution in [2.45, 2.75) is 6.92 Å². The van der Waals surface area contributed by atoms with Gasteiger partial charge in [0, 0.05) is 18.3 Å². The summed E-state index contributed by atoms with van der Waals surface area (Å²) in [6.07, 6.45) is 1.41. The maximum atomic E-state index is 10.9. The zero-order valence-corrected chi connectivity index (χ0v) is 10.0. The molecule has 0 unspecified atom stereocenters. The molecule has 19 heavy (non-hydrogen) atoms. The summed E-state index contributed by atoms with van der Waals surface area (Å²) in [6, 6.07) is 9.55. The third kappa shape index (κ3) is 2.66. The van der Waals surface area contributed by atoms with Crippen molar-refractivity contribution in [1.29, 1.82) is 5.26 Å². The number of aryl methyl sites for hydroxylation is 1. The first kappa shape index (κ1) is 12.5. The van der Waals surface area contributed by atoms with E-state index in [1.165, 1.54) is 24.4 Å². The average Bonchev–Trinajstić information content (AvgIpc) is 2.41. The summed E-state index contributed by atoms with van der Waals surface area (Å²) in [7, 11) is 0. The van der Waals surface area contributed by atoms with Gasteiger partial charge in [0.15, 0.2) is 0 Å². The maximum absolute atomic E-state index is 10.9. The van der Waals surface area contributed by atoms with Crippen LogP contribution in [0.1, 0.15) is 11.1 Å². The number of aromatic nitrogens is 1. The number of hydrogen-bond acceptors (Lipinski definition) is 5. The molecule has 2 aromatic rings. The Morgan fingerprint density at radius 3 is 2.89 bits per heavy atom. The van der Waals surface area contributed by atoms with E-state index in [1.807, 2.05) is 6.07 Å². The van der Waals surface area contributed by atoms with Gasteiger partial charge in [0.1, 0.15) is 0 Å². The van der Waals surface area contributed by atoms with Gasteiger partial charge in [0.2, 0.25) is 11.6 Å². The maximum Gasteiger partial charge on any atom is 0.311 e. The number of benzene rings is 1. The van der Waals surface area contributed by atoms with Crippen LogP contribution >= 0.6 is 0 Å². The molecule has 0 spiro atoms. The predicted octanol–water partition coefficient (Wildman–Crippen LogP) is 2.96. The van der Waals surface area contributed by atoms with Crippen LogP contribution in [0.2, 0.25) is 0 Å². The Kier molecular flexibility index (Phi) is 3.39. The Hall–Kier alpha value is -2.94. The molecule has 0 aliphatic rings. The van der Waals surface area contributed by atoms with Crippen molar-refractivity contribution in [3.05, 3.63) is 57.8 Å². The molecular weight excluding hydrogens is 246 g/mol. The van der Waals surface area contributed by atoms with E-state index in [9.17, 15) is 10.1 Å². The summed E-state index contributed by atoms with van der Waals surface area (Å²) in [5.74, 6) is 0.284. The van der Waals surface area contributed by atoms with Crippen LogP contribution in [0.5, 0.6) is 11.6 Å². The normalized spacial score (nSPS) is 9.68. The molecule has 6 heteroatoms. The summed E-state index contributed by atoms with van der Waals surface area (Å²) in [5.41, 5.74) is 0.865. The highest BCUT2D eigenvalue weighted by molar-refractivity contribution is 5.52. The van der Waals surface area contributed by atoms with Gasteiger partial charge < -0.3 is 4.74 Å². The lowest BCUT2D eigenvalue weighted by Crippen LogP contribution is -1.96. The van der Waals surface area contributed by atoms with Crippen LogP contribution in [0.4, 0.5) is 5.69 Å². The number of pyridine rings is 1. The van der Waals surface area contributed by atoms with Crippen molar-refractivity contribution in [3.8, 4) is 17.7 Å². The Labute approximate surface area is 109 Å². The fourth-order valence-corrected chi connectivity index (χ4v) is 1.55. The van der Waals surface area contributed by atoms with Gasteiger partial charge in [-0.2, -0.15) is 5.26 Å². The fourth-order valence-electron chi connectivity index (χ4n) is 1.55. The Bertz CT molecular complexity index is 677. The summed E-state index contributed by atoms with van der Waals surface area (Å²) in [6.45, 7) is 1.70. The molecule has 0 aliphatic heterocycles. The highest BCUT2D eigenvalue weighted by Gasteiger charge is 2.18. The lowest BCUT2D eigenvalue weighted by molar-refractivity contribution is -0.385. The molecule has 1 heterocycles. The molecule has 0 amide bonds. The van der Waals surface area contributed by atoms with Gasteiger partial charge in [-0.1, -0.05) is 12.1 Å². The molecule has 2 rings (SSSR count). The standard InChI is InChI=1S/C13H9N3O3/c1-9-3-2-4-11(16(17)18)13(9)19-12-7-10(8-14)5-6-15-12/h2-7H,1H3. The monoisotopic (exact) mass is 255 g/mol. The van der Waals surface area contributed by atoms with Crippen LogP contribution in [0.25, 0.3) is 0 Å². The van der Waals surface area contributed by atoms with Gasteiger partial charge in [-0.3, -0.25) is 10.1 Å². The number of nitro groups is 1. The number of para-hydroxylation sites is 1.